The Labute approximate surface area is 157 Å². The van der Waals surface area contributed by atoms with Gasteiger partial charge in [-0.1, -0.05) is 19.8 Å². The maximum absolute atomic E-state index is 13.3. The smallest absolute Gasteiger partial charge is 0.423 e. The van der Waals surface area contributed by atoms with Gasteiger partial charge in [0.05, 0.1) is 13.7 Å². The third-order valence-corrected chi connectivity index (χ3v) is 3.97. The molecule has 2 rings (SSSR count). The molecule has 0 aliphatic heterocycles. The zero-order chi connectivity index (χ0) is 19.9. The van der Waals surface area contributed by atoms with E-state index in [2.05, 4.69) is 9.97 Å². The van der Waals surface area contributed by atoms with Crippen LogP contribution in [0.3, 0.4) is 0 Å². The normalized spacial score (nSPS) is 11.3. The van der Waals surface area contributed by atoms with Crippen LogP contribution >= 0.6 is 0 Å². The molecule has 0 aliphatic carbocycles. The summed E-state index contributed by atoms with van der Waals surface area (Å²) in [7, 11) is 1.56. The number of hydrogen-bond donors (Lipinski definition) is 0. The zero-order valence-electron chi connectivity index (χ0n) is 15.7. The van der Waals surface area contributed by atoms with E-state index in [0.29, 0.717) is 18.7 Å². The molecular weight excluding hydrogens is 359 g/mol. The first-order valence-corrected chi connectivity index (χ1v) is 8.89. The van der Waals surface area contributed by atoms with Crippen LogP contribution in [0, 0.1) is 0 Å². The molecule has 8 heteroatoms. The first kappa shape index (κ1) is 20.8. The SMILES string of the molecule is CCCCCOc1nc(N(CC)c2ccc(OC)cc2)ncc1C(F)(F)F. The number of halogens is 3. The second kappa shape index (κ2) is 9.43. The van der Waals surface area contributed by atoms with Crippen LogP contribution in [-0.4, -0.2) is 30.2 Å². The van der Waals surface area contributed by atoms with Crippen molar-refractivity contribution in [2.24, 2.45) is 0 Å². The summed E-state index contributed by atoms with van der Waals surface area (Å²) in [4.78, 5) is 9.70. The van der Waals surface area contributed by atoms with Crippen molar-refractivity contribution in [3.05, 3.63) is 36.0 Å². The fourth-order valence-corrected chi connectivity index (χ4v) is 2.51. The fraction of sp³-hybridized carbons (Fsp3) is 0.474. The number of rotatable bonds is 9. The fourth-order valence-electron chi connectivity index (χ4n) is 2.51. The summed E-state index contributed by atoms with van der Waals surface area (Å²) < 4.78 is 50.3. The predicted octanol–water partition coefficient (Wildman–Crippen LogP) is 5.23. The zero-order valence-corrected chi connectivity index (χ0v) is 15.7. The summed E-state index contributed by atoms with van der Waals surface area (Å²) >= 11 is 0. The standard InChI is InChI=1S/C19H24F3N3O2/c1-4-6-7-12-27-17-16(19(20,21)22)13-23-18(24-17)25(5-2)14-8-10-15(26-3)11-9-14/h8-11,13H,4-7,12H2,1-3H3. The van der Waals surface area contributed by atoms with Gasteiger partial charge in [0.1, 0.15) is 11.3 Å². The number of benzene rings is 1. The average molecular weight is 383 g/mol. The predicted molar refractivity (Wildman–Crippen MR) is 97.7 cm³/mol. The van der Waals surface area contributed by atoms with Gasteiger partial charge in [-0.2, -0.15) is 18.2 Å². The van der Waals surface area contributed by atoms with E-state index in [1.54, 1.807) is 36.3 Å². The van der Waals surface area contributed by atoms with Gasteiger partial charge in [-0.25, -0.2) is 4.98 Å². The highest BCUT2D eigenvalue weighted by molar-refractivity contribution is 5.58. The van der Waals surface area contributed by atoms with E-state index >= 15 is 0 Å². The molecule has 0 saturated heterocycles. The lowest BCUT2D eigenvalue weighted by atomic mass is 10.2. The van der Waals surface area contributed by atoms with Gasteiger partial charge in [0.25, 0.3) is 0 Å². The lowest BCUT2D eigenvalue weighted by molar-refractivity contribution is -0.139. The number of methoxy groups -OCH3 is 1. The molecule has 1 heterocycles. The molecule has 1 aromatic carbocycles. The molecule has 148 valence electrons. The molecule has 0 atom stereocenters. The summed E-state index contributed by atoms with van der Waals surface area (Å²) in [5.41, 5.74) is -0.219. The number of ether oxygens (including phenoxy) is 2. The molecule has 0 N–H and O–H groups in total. The minimum Gasteiger partial charge on any atom is -0.497 e. The van der Waals surface area contributed by atoms with E-state index in [4.69, 9.17) is 9.47 Å². The van der Waals surface area contributed by atoms with Crippen molar-refractivity contribution >= 4 is 11.6 Å². The molecule has 0 unspecified atom stereocenters. The molecule has 1 aromatic heterocycles. The maximum atomic E-state index is 13.3. The highest BCUT2D eigenvalue weighted by atomic mass is 19.4. The number of hydrogen-bond acceptors (Lipinski definition) is 5. The van der Waals surface area contributed by atoms with Gasteiger partial charge < -0.3 is 14.4 Å². The molecular formula is C19H24F3N3O2. The van der Waals surface area contributed by atoms with Gasteiger partial charge in [-0.3, -0.25) is 0 Å². The monoisotopic (exact) mass is 383 g/mol. The number of nitrogens with zero attached hydrogens (tertiary/aromatic N) is 3. The van der Waals surface area contributed by atoms with E-state index in [1.807, 2.05) is 13.8 Å². The Hall–Kier alpha value is -2.51. The first-order chi connectivity index (χ1) is 12.9. The molecule has 0 aliphatic rings. The van der Waals surface area contributed by atoms with Gasteiger partial charge in [-0.05, 0) is 37.6 Å². The lowest BCUT2D eigenvalue weighted by Gasteiger charge is -2.22. The first-order valence-electron chi connectivity index (χ1n) is 8.89. The Morgan fingerprint density at radius 2 is 1.78 bits per heavy atom. The summed E-state index contributed by atoms with van der Waals surface area (Å²) in [6.07, 6.45) is -1.29. The molecule has 0 spiro atoms. The number of unbranched alkanes of at least 4 members (excludes halogenated alkanes) is 2. The lowest BCUT2D eigenvalue weighted by Crippen LogP contribution is -2.21. The summed E-state index contributed by atoms with van der Waals surface area (Å²) in [5, 5.41) is 0. The van der Waals surface area contributed by atoms with E-state index in [9.17, 15) is 13.2 Å². The molecule has 5 nitrogen and oxygen atoms in total. The van der Waals surface area contributed by atoms with Crippen LogP contribution in [0.25, 0.3) is 0 Å². The number of anilines is 2. The summed E-state index contributed by atoms with van der Waals surface area (Å²) in [6, 6.07) is 7.13. The van der Waals surface area contributed by atoms with Crippen LogP contribution in [0.2, 0.25) is 0 Å². The third-order valence-electron chi connectivity index (χ3n) is 3.97. The second-order valence-corrected chi connectivity index (χ2v) is 5.88. The van der Waals surface area contributed by atoms with Crippen LogP contribution in [0.4, 0.5) is 24.8 Å². The Balaban J connectivity index is 2.33. The highest BCUT2D eigenvalue weighted by Crippen LogP contribution is 2.36. The van der Waals surface area contributed by atoms with Crippen molar-refractivity contribution < 1.29 is 22.6 Å². The van der Waals surface area contributed by atoms with Gasteiger partial charge in [0.2, 0.25) is 11.8 Å². The molecule has 27 heavy (non-hydrogen) atoms. The second-order valence-electron chi connectivity index (χ2n) is 5.88. The number of aromatic nitrogens is 2. The molecule has 0 saturated carbocycles. The quantitative estimate of drug-likeness (QED) is 0.555. The molecule has 0 amide bonds. The van der Waals surface area contributed by atoms with Crippen LogP contribution in [-0.2, 0) is 6.18 Å². The van der Waals surface area contributed by atoms with E-state index < -0.39 is 17.6 Å². The van der Waals surface area contributed by atoms with Crippen LogP contribution in [0.5, 0.6) is 11.6 Å². The topological polar surface area (TPSA) is 47.5 Å². The van der Waals surface area contributed by atoms with Crippen molar-refractivity contribution in [3.8, 4) is 11.6 Å². The largest absolute Gasteiger partial charge is 0.497 e. The molecule has 0 fully saturated rings. The Morgan fingerprint density at radius 1 is 1.07 bits per heavy atom. The molecule has 0 bridgehead atoms. The van der Waals surface area contributed by atoms with Crippen LogP contribution in [0.1, 0.15) is 38.7 Å². The van der Waals surface area contributed by atoms with Crippen molar-refractivity contribution in [2.45, 2.75) is 39.3 Å². The van der Waals surface area contributed by atoms with Crippen LogP contribution < -0.4 is 14.4 Å². The summed E-state index contributed by atoms with van der Waals surface area (Å²) in [5.74, 6) is 0.403. The van der Waals surface area contributed by atoms with E-state index in [-0.39, 0.29) is 12.6 Å². The minimum absolute atomic E-state index is 0.154. The van der Waals surface area contributed by atoms with Crippen LogP contribution in [0.15, 0.2) is 30.5 Å². The van der Waals surface area contributed by atoms with Gasteiger partial charge in [0, 0.05) is 18.4 Å². The Kier molecular flexibility index (Phi) is 7.27. The van der Waals surface area contributed by atoms with Crippen molar-refractivity contribution in [1.29, 1.82) is 0 Å². The highest BCUT2D eigenvalue weighted by Gasteiger charge is 2.36. The maximum Gasteiger partial charge on any atom is 0.423 e. The van der Waals surface area contributed by atoms with Gasteiger partial charge in [-0.15, -0.1) is 0 Å². The Morgan fingerprint density at radius 3 is 2.33 bits per heavy atom. The van der Waals surface area contributed by atoms with Crippen molar-refractivity contribution in [2.75, 3.05) is 25.2 Å². The van der Waals surface area contributed by atoms with Crippen molar-refractivity contribution in [3.63, 3.8) is 0 Å². The third kappa shape index (κ3) is 5.48. The van der Waals surface area contributed by atoms with E-state index in [0.717, 1.165) is 24.7 Å². The minimum atomic E-state index is -4.57. The summed E-state index contributed by atoms with van der Waals surface area (Å²) in [6.45, 7) is 4.54. The Bertz CT molecular complexity index is 721. The van der Waals surface area contributed by atoms with Gasteiger partial charge in [0.15, 0.2) is 0 Å². The molecule has 0 radical (unpaired) electrons. The number of alkyl halides is 3. The van der Waals surface area contributed by atoms with E-state index in [1.165, 1.54) is 0 Å². The average Bonchev–Trinajstić information content (AvgIpc) is 2.65. The molecule has 2 aromatic rings. The van der Waals surface area contributed by atoms with Crippen molar-refractivity contribution in [1.82, 2.24) is 9.97 Å². The van der Waals surface area contributed by atoms with Gasteiger partial charge >= 0.3 is 6.18 Å².